The van der Waals surface area contributed by atoms with Crippen molar-refractivity contribution in [2.75, 3.05) is 38.2 Å². The number of likely N-dealkylation sites (N-methyl/N-ethyl adjacent to an activating group) is 1. The minimum absolute atomic E-state index is 0. The number of hydrogen-bond acceptors (Lipinski definition) is 4. The number of nitrogens with one attached hydrogen (secondary N) is 1. The van der Waals surface area contributed by atoms with Crippen LogP contribution in [0.3, 0.4) is 0 Å². The van der Waals surface area contributed by atoms with Crippen LogP contribution in [-0.4, -0.2) is 61.2 Å². The van der Waals surface area contributed by atoms with E-state index in [0.717, 1.165) is 24.5 Å². The number of nitrogens with zero attached hydrogens (tertiary/aromatic N) is 1. The summed E-state index contributed by atoms with van der Waals surface area (Å²) in [6, 6.07) is 0.284. The maximum atomic E-state index is 12.1. The second-order valence-corrected chi connectivity index (χ2v) is 5.74. The molecule has 1 aliphatic heterocycles. The molecule has 6 heteroatoms. The lowest BCUT2D eigenvalue weighted by molar-refractivity contribution is -0.145. The van der Waals surface area contributed by atoms with E-state index in [1.165, 1.54) is 0 Å². The van der Waals surface area contributed by atoms with Crippen LogP contribution in [0.25, 0.3) is 0 Å². The molecule has 0 aliphatic carbocycles. The predicted octanol–water partition coefficient (Wildman–Crippen LogP) is 1.39. The summed E-state index contributed by atoms with van der Waals surface area (Å²) in [5.74, 6) is 2.35. The normalized spacial score (nSPS) is 20.9. The molecule has 1 N–H and O–H groups in total. The monoisotopic (exact) mass is 296 g/mol. The molecule has 108 valence electrons. The van der Waals surface area contributed by atoms with Crippen LogP contribution in [0.4, 0.5) is 0 Å². The Kier molecular flexibility index (Phi) is 9.91. The third-order valence-corrected chi connectivity index (χ3v) is 4.03. The molecule has 2 atom stereocenters. The quantitative estimate of drug-likeness (QED) is 0.752. The molecule has 1 rings (SSSR count). The molecule has 0 bridgehead atoms. The van der Waals surface area contributed by atoms with Crippen molar-refractivity contribution in [3.63, 3.8) is 0 Å². The van der Waals surface area contributed by atoms with Crippen molar-refractivity contribution >= 4 is 30.1 Å². The van der Waals surface area contributed by atoms with E-state index in [4.69, 9.17) is 4.74 Å². The first-order valence-corrected chi connectivity index (χ1v) is 7.49. The van der Waals surface area contributed by atoms with E-state index < -0.39 is 0 Å². The number of halogens is 1. The van der Waals surface area contributed by atoms with Gasteiger partial charge in [-0.3, -0.25) is 4.79 Å². The molecule has 1 fully saturated rings. The number of morpholine rings is 1. The third kappa shape index (κ3) is 5.78. The van der Waals surface area contributed by atoms with Crippen LogP contribution in [0.1, 0.15) is 20.3 Å². The van der Waals surface area contributed by atoms with Crippen LogP contribution >= 0.6 is 24.2 Å². The van der Waals surface area contributed by atoms with Gasteiger partial charge < -0.3 is 15.0 Å². The van der Waals surface area contributed by atoms with Gasteiger partial charge in [0.2, 0.25) is 0 Å². The molecule has 1 saturated heterocycles. The Labute approximate surface area is 121 Å². The zero-order chi connectivity index (χ0) is 12.7. The second kappa shape index (κ2) is 9.89. The fraction of sp³-hybridized carbons (Fsp3) is 0.917. The van der Waals surface area contributed by atoms with E-state index in [-0.39, 0.29) is 30.5 Å². The number of amides is 1. The largest absolute Gasteiger partial charge is 0.366 e. The van der Waals surface area contributed by atoms with E-state index in [1.807, 2.05) is 23.7 Å². The number of rotatable bonds is 6. The van der Waals surface area contributed by atoms with Crippen LogP contribution in [-0.2, 0) is 9.53 Å². The van der Waals surface area contributed by atoms with Crippen molar-refractivity contribution in [3.05, 3.63) is 0 Å². The van der Waals surface area contributed by atoms with Gasteiger partial charge in [0.05, 0.1) is 6.61 Å². The summed E-state index contributed by atoms with van der Waals surface area (Å²) in [5.41, 5.74) is 0. The maximum Gasteiger partial charge on any atom is 0.253 e. The topological polar surface area (TPSA) is 41.6 Å². The lowest BCUT2D eigenvalue weighted by Gasteiger charge is -2.31. The van der Waals surface area contributed by atoms with Crippen LogP contribution in [0.5, 0.6) is 0 Å². The van der Waals surface area contributed by atoms with E-state index in [0.29, 0.717) is 13.2 Å². The lowest BCUT2D eigenvalue weighted by atomic mass is 10.2. The van der Waals surface area contributed by atoms with Crippen molar-refractivity contribution in [2.24, 2.45) is 0 Å². The standard InChI is InChI=1S/C12H24N2O2S.ClH/c1-4-17-8-5-10(2)14(3)12(15)11-9-13-6-7-16-11;/h10-11,13H,4-9H2,1-3H3;1H. The van der Waals surface area contributed by atoms with Gasteiger partial charge in [-0.1, -0.05) is 6.92 Å². The molecule has 1 aliphatic rings. The molecule has 0 aromatic rings. The molecule has 0 saturated carbocycles. The summed E-state index contributed by atoms with van der Waals surface area (Å²) < 4.78 is 5.48. The first-order chi connectivity index (χ1) is 8.16. The summed E-state index contributed by atoms with van der Waals surface area (Å²) in [6.45, 7) is 6.37. The molecule has 1 heterocycles. The highest BCUT2D eigenvalue weighted by Crippen LogP contribution is 2.10. The van der Waals surface area contributed by atoms with Gasteiger partial charge in [0.25, 0.3) is 5.91 Å². The molecule has 1 amide bonds. The summed E-state index contributed by atoms with van der Waals surface area (Å²) in [4.78, 5) is 14.0. The second-order valence-electron chi connectivity index (χ2n) is 4.35. The third-order valence-electron chi connectivity index (χ3n) is 3.10. The Morgan fingerprint density at radius 2 is 2.33 bits per heavy atom. The van der Waals surface area contributed by atoms with Gasteiger partial charge in [0.1, 0.15) is 6.10 Å². The summed E-state index contributed by atoms with van der Waals surface area (Å²) >= 11 is 1.92. The number of ether oxygens (including phenoxy) is 1. The Bertz CT molecular complexity index is 238. The number of hydrogen-bond donors (Lipinski definition) is 1. The van der Waals surface area contributed by atoms with Crippen molar-refractivity contribution in [2.45, 2.75) is 32.4 Å². The first-order valence-electron chi connectivity index (χ1n) is 6.33. The molecule has 0 radical (unpaired) electrons. The van der Waals surface area contributed by atoms with E-state index >= 15 is 0 Å². The predicted molar refractivity (Wildman–Crippen MR) is 79.7 cm³/mol. The van der Waals surface area contributed by atoms with Crippen molar-refractivity contribution in [1.29, 1.82) is 0 Å². The van der Waals surface area contributed by atoms with Gasteiger partial charge in [0.15, 0.2) is 0 Å². The Hall–Kier alpha value is 0.0300. The van der Waals surface area contributed by atoms with Crippen LogP contribution < -0.4 is 5.32 Å². The van der Waals surface area contributed by atoms with E-state index in [9.17, 15) is 4.79 Å². The fourth-order valence-electron chi connectivity index (χ4n) is 1.76. The Morgan fingerprint density at radius 1 is 1.61 bits per heavy atom. The SMILES string of the molecule is CCSCCC(C)N(C)C(=O)C1CNCCO1.Cl. The zero-order valence-electron chi connectivity index (χ0n) is 11.5. The summed E-state index contributed by atoms with van der Waals surface area (Å²) in [5, 5.41) is 3.19. The van der Waals surface area contributed by atoms with Gasteiger partial charge in [-0.15, -0.1) is 12.4 Å². The van der Waals surface area contributed by atoms with Crippen molar-refractivity contribution < 1.29 is 9.53 Å². The molecule has 4 nitrogen and oxygen atoms in total. The minimum atomic E-state index is -0.296. The minimum Gasteiger partial charge on any atom is -0.366 e. The molecule has 2 unspecified atom stereocenters. The molecular formula is C12H25ClN2O2S. The van der Waals surface area contributed by atoms with Crippen LogP contribution in [0.2, 0.25) is 0 Å². The highest BCUT2D eigenvalue weighted by Gasteiger charge is 2.26. The lowest BCUT2D eigenvalue weighted by Crippen LogP contribution is -2.50. The van der Waals surface area contributed by atoms with E-state index in [2.05, 4.69) is 19.2 Å². The van der Waals surface area contributed by atoms with Gasteiger partial charge in [-0.05, 0) is 24.9 Å². The zero-order valence-corrected chi connectivity index (χ0v) is 13.1. The fourth-order valence-corrected chi connectivity index (χ4v) is 2.56. The van der Waals surface area contributed by atoms with Gasteiger partial charge in [-0.25, -0.2) is 0 Å². The van der Waals surface area contributed by atoms with Gasteiger partial charge in [-0.2, -0.15) is 11.8 Å². The average molecular weight is 297 g/mol. The average Bonchev–Trinajstić information content (AvgIpc) is 2.38. The highest BCUT2D eigenvalue weighted by molar-refractivity contribution is 7.99. The number of carbonyl (C=O) groups excluding carboxylic acids is 1. The highest BCUT2D eigenvalue weighted by atomic mass is 35.5. The molecule has 0 aromatic carbocycles. The Balaban J connectivity index is 0.00000289. The molecule has 18 heavy (non-hydrogen) atoms. The molecular weight excluding hydrogens is 272 g/mol. The van der Waals surface area contributed by atoms with Gasteiger partial charge in [0, 0.05) is 26.2 Å². The maximum absolute atomic E-state index is 12.1. The van der Waals surface area contributed by atoms with E-state index in [1.54, 1.807) is 0 Å². The Morgan fingerprint density at radius 3 is 2.89 bits per heavy atom. The van der Waals surface area contributed by atoms with Crippen molar-refractivity contribution in [3.8, 4) is 0 Å². The van der Waals surface area contributed by atoms with Crippen LogP contribution in [0, 0.1) is 0 Å². The summed E-state index contributed by atoms with van der Waals surface area (Å²) in [7, 11) is 1.88. The summed E-state index contributed by atoms with van der Waals surface area (Å²) in [6.07, 6.45) is 0.746. The van der Waals surface area contributed by atoms with Gasteiger partial charge >= 0.3 is 0 Å². The number of carbonyl (C=O) groups is 1. The molecule has 0 spiro atoms. The van der Waals surface area contributed by atoms with Crippen LogP contribution in [0.15, 0.2) is 0 Å². The molecule has 0 aromatic heterocycles. The smallest absolute Gasteiger partial charge is 0.253 e. The van der Waals surface area contributed by atoms with Crippen molar-refractivity contribution in [1.82, 2.24) is 10.2 Å². The first kappa shape index (κ1) is 18.0. The number of thioether (sulfide) groups is 1.